The van der Waals surface area contributed by atoms with E-state index in [1.165, 1.54) is 11.3 Å². The summed E-state index contributed by atoms with van der Waals surface area (Å²) >= 11 is 0. The first-order valence-electron chi connectivity index (χ1n) is 10.2. The fourth-order valence-electron chi connectivity index (χ4n) is 4.19. The van der Waals surface area contributed by atoms with Crippen molar-refractivity contribution >= 4 is 0 Å². The van der Waals surface area contributed by atoms with Crippen LogP contribution in [0.4, 0.5) is 0 Å². The quantitative estimate of drug-likeness (QED) is 0.502. The highest BCUT2D eigenvalue weighted by molar-refractivity contribution is 5.65. The molecule has 4 heteroatoms. The maximum absolute atomic E-state index is 4.96. The first-order chi connectivity index (χ1) is 14.4. The van der Waals surface area contributed by atoms with Gasteiger partial charge in [-0.1, -0.05) is 66.7 Å². The minimum absolute atomic E-state index is 0.386. The molecular weight excluding hydrogens is 356 g/mol. The van der Waals surface area contributed by atoms with Crippen LogP contribution in [0.1, 0.15) is 36.1 Å². The Morgan fingerprint density at radius 2 is 1.55 bits per heavy atom. The van der Waals surface area contributed by atoms with Gasteiger partial charge in [0.2, 0.25) is 0 Å². The van der Waals surface area contributed by atoms with E-state index in [-0.39, 0.29) is 0 Å². The predicted molar refractivity (Wildman–Crippen MR) is 116 cm³/mol. The summed E-state index contributed by atoms with van der Waals surface area (Å²) in [6.07, 6.45) is 4.05. The van der Waals surface area contributed by atoms with Gasteiger partial charge in [-0.05, 0) is 30.5 Å². The molecule has 4 nitrogen and oxygen atoms in total. The van der Waals surface area contributed by atoms with Crippen LogP contribution < -0.4 is 5.32 Å². The Bertz CT molecular complexity index is 1050. The summed E-state index contributed by atoms with van der Waals surface area (Å²) < 4.78 is 0. The van der Waals surface area contributed by atoms with Crippen LogP contribution in [0.2, 0.25) is 0 Å². The molecule has 2 atom stereocenters. The second kappa shape index (κ2) is 8.02. The molecule has 5 rings (SSSR count). The Morgan fingerprint density at radius 3 is 2.24 bits per heavy atom. The Hall–Kier alpha value is -3.24. The molecule has 3 heterocycles. The zero-order chi connectivity index (χ0) is 19.5. The normalized spacial score (nSPS) is 19.2. The van der Waals surface area contributed by atoms with E-state index in [0.717, 1.165) is 42.2 Å². The molecule has 1 aliphatic heterocycles. The van der Waals surface area contributed by atoms with Gasteiger partial charge in [0, 0.05) is 36.0 Å². The van der Waals surface area contributed by atoms with Crippen LogP contribution in [0.25, 0.3) is 22.8 Å². The summed E-state index contributed by atoms with van der Waals surface area (Å²) in [5.74, 6) is 1.29. The number of aromatic amines is 1. The third-order valence-corrected chi connectivity index (χ3v) is 5.71. The molecule has 0 amide bonds. The van der Waals surface area contributed by atoms with E-state index in [9.17, 15) is 0 Å². The first-order valence-corrected chi connectivity index (χ1v) is 10.2. The van der Waals surface area contributed by atoms with E-state index in [1.54, 1.807) is 0 Å². The summed E-state index contributed by atoms with van der Waals surface area (Å²) in [6.45, 7) is 0.926. The van der Waals surface area contributed by atoms with Crippen molar-refractivity contribution in [3.8, 4) is 22.8 Å². The Kier molecular flexibility index (Phi) is 4.93. The van der Waals surface area contributed by atoms with Crippen LogP contribution in [0.15, 0.2) is 85.1 Å². The molecule has 0 spiro atoms. The van der Waals surface area contributed by atoms with Crippen molar-refractivity contribution < 1.29 is 0 Å². The fourth-order valence-corrected chi connectivity index (χ4v) is 4.19. The second-order valence-corrected chi connectivity index (χ2v) is 7.57. The number of hydrogen-bond acceptors (Lipinski definition) is 3. The van der Waals surface area contributed by atoms with Gasteiger partial charge in [-0.15, -0.1) is 0 Å². The van der Waals surface area contributed by atoms with Crippen LogP contribution in [-0.4, -0.2) is 21.5 Å². The molecule has 1 fully saturated rings. The van der Waals surface area contributed by atoms with Gasteiger partial charge in [0.1, 0.15) is 11.5 Å². The van der Waals surface area contributed by atoms with Gasteiger partial charge in [-0.3, -0.25) is 4.98 Å². The second-order valence-electron chi connectivity index (χ2n) is 7.57. The minimum atomic E-state index is 0.386. The topological polar surface area (TPSA) is 53.6 Å². The molecule has 1 saturated heterocycles. The van der Waals surface area contributed by atoms with Gasteiger partial charge in [0.25, 0.3) is 0 Å². The third kappa shape index (κ3) is 3.71. The van der Waals surface area contributed by atoms with E-state index < -0.39 is 0 Å². The number of hydrogen-bond donors (Lipinski definition) is 2. The maximum Gasteiger partial charge on any atom is 0.138 e. The van der Waals surface area contributed by atoms with E-state index in [0.29, 0.717) is 12.0 Å². The Labute approximate surface area is 171 Å². The highest BCUT2D eigenvalue weighted by Gasteiger charge is 2.27. The van der Waals surface area contributed by atoms with Crippen molar-refractivity contribution in [1.29, 1.82) is 0 Å². The van der Waals surface area contributed by atoms with Crippen LogP contribution in [0.5, 0.6) is 0 Å². The molecule has 0 saturated carbocycles. The summed E-state index contributed by atoms with van der Waals surface area (Å²) in [7, 11) is 0. The molecule has 4 aromatic rings. The molecule has 2 aromatic heterocycles. The molecule has 2 N–H and O–H groups in total. The molecule has 1 aliphatic rings. The van der Waals surface area contributed by atoms with Gasteiger partial charge in [-0.2, -0.15) is 0 Å². The molecule has 2 aromatic carbocycles. The van der Waals surface area contributed by atoms with Crippen molar-refractivity contribution in [3.05, 3.63) is 96.3 Å². The SMILES string of the molecule is c1ccc(-c2nc(-c3ccccn3)c(C3CCC(c4ccccc4)NC3)[nH]2)cc1. The number of benzene rings is 2. The average molecular weight is 380 g/mol. The highest BCUT2D eigenvalue weighted by Crippen LogP contribution is 2.36. The fraction of sp³-hybridized carbons (Fsp3) is 0.200. The molecule has 144 valence electrons. The lowest BCUT2D eigenvalue weighted by atomic mass is 9.88. The molecule has 0 aliphatic carbocycles. The van der Waals surface area contributed by atoms with Crippen molar-refractivity contribution in [1.82, 2.24) is 20.3 Å². The van der Waals surface area contributed by atoms with Crippen LogP contribution in [0.3, 0.4) is 0 Å². The highest BCUT2D eigenvalue weighted by atomic mass is 15.0. The predicted octanol–water partition coefficient (Wildman–Crippen LogP) is 5.35. The summed E-state index contributed by atoms with van der Waals surface area (Å²) in [5, 5.41) is 3.74. The van der Waals surface area contributed by atoms with E-state index in [1.807, 2.05) is 42.6 Å². The Balaban J connectivity index is 1.45. The largest absolute Gasteiger partial charge is 0.341 e. The smallest absolute Gasteiger partial charge is 0.138 e. The van der Waals surface area contributed by atoms with Gasteiger partial charge in [-0.25, -0.2) is 4.98 Å². The maximum atomic E-state index is 4.96. The number of rotatable bonds is 4. The number of piperidine rings is 1. The number of nitrogens with one attached hydrogen (secondary N) is 2. The monoisotopic (exact) mass is 380 g/mol. The number of pyridine rings is 1. The first kappa shape index (κ1) is 17.8. The molecule has 0 bridgehead atoms. The van der Waals surface area contributed by atoms with Gasteiger partial charge < -0.3 is 10.3 Å². The lowest BCUT2D eigenvalue weighted by molar-refractivity contribution is 0.371. The number of nitrogens with zero attached hydrogens (tertiary/aromatic N) is 2. The van der Waals surface area contributed by atoms with E-state index >= 15 is 0 Å². The Morgan fingerprint density at radius 1 is 0.793 bits per heavy atom. The lowest BCUT2D eigenvalue weighted by Crippen LogP contribution is -2.32. The van der Waals surface area contributed by atoms with E-state index in [4.69, 9.17) is 4.98 Å². The summed E-state index contributed by atoms with van der Waals surface area (Å²) in [5.41, 5.74) is 5.54. The van der Waals surface area contributed by atoms with Crippen molar-refractivity contribution in [2.45, 2.75) is 24.8 Å². The van der Waals surface area contributed by atoms with Crippen LogP contribution >= 0.6 is 0 Å². The number of H-pyrrole nitrogens is 1. The lowest BCUT2D eigenvalue weighted by Gasteiger charge is -2.30. The minimum Gasteiger partial charge on any atom is -0.341 e. The number of aromatic nitrogens is 3. The van der Waals surface area contributed by atoms with Crippen molar-refractivity contribution in [3.63, 3.8) is 0 Å². The summed E-state index contributed by atoms with van der Waals surface area (Å²) in [4.78, 5) is 13.2. The molecule has 0 radical (unpaired) electrons. The average Bonchev–Trinajstić information content (AvgIpc) is 3.27. The van der Waals surface area contributed by atoms with Crippen molar-refractivity contribution in [2.75, 3.05) is 6.54 Å². The third-order valence-electron chi connectivity index (χ3n) is 5.71. The van der Waals surface area contributed by atoms with Crippen LogP contribution in [0, 0.1) is 0 Å². The molecule has 2 unspecified atom stereocenters. The van der Waals surface area contributed by atoms with Gasteiger partial charge >= 0.3 is 0 Å². The number of imidazole rings is 1. The molecule has 29 heavy (non-hydrogen) atoms. The van der Waals surface area contributed by atoms with E-state index in [2.05, 4.69) is 57.7 Å². The van der Waals surface area contributed by atoms with Gasteiger partial charge in [0.15, 0.2) is 0 Å². The van der Waals surface area contributed by atoms with Crippen molar-refractivity contribution in [2.24, 2.45) is 0 Å². The molecular formula is C25H24N4. The van der Waals surface area contributed by atoms with Crippen LogP contribution in [-0.2, 0) is 0 Å². The zero-order valence-corrected chi connectivity index (χ0v) is 16.3. The van der Waals surface area contributed by atoms with Gasteiger partial charge in [0.05, 0.1) is 5.69 Å². The summed E-state index contributed by atoms with van der Waals surface area (Å²) in [6, 6.07) is 27.5. The standard InChI is InChI=1S/C25H24N4/c1-3-9-18(10-4-1)21-15-14-20(17-27-21)23-24(22-13-7-8-16-26-22)29-25(28-23)19-11-5-2-6-12-19/h1-13,16,20-21,27H,14-15,17H2,(H,28,29). The zero-order valence-electron chi connectivity index (χ0n) is 16.3.